The lowest BCUT2D eigenvalue weighted by molar-refractivity contribution is 0.282. The van der Waals surface area contributed by atoms with Gasteiger partial charge in [-0.25, -0.2) is 0 Å². The first-order valence-corrected chi connectivity index (χ1v) is 8.00. The molecule has 0 spiro atoms. The van der Waals surface area contributed by atoms with Crippen molar-refractivity contribution in [3.8, 4) is 0 Å². The summed E-state index contributed by atoms with van der Waals surface area (Å²) >= 11 is 8.15. The maximum Gasteiger partial charge on any atom is 0.0636 e. The summed E-state index contributed by atoms with van der Waals surface area (Å²) in [5, 5.41) is 14.2. The van der Waals surface area contributed by atoms with Crippen molar-refractivity contribution >= 4 is 33.0 Å². The van der Waals surface area contributed by atoms with Crippen molar-refractivity contribution < 1.29 is 5.11 Å². The van der Waals surface area contributed by atoms with Crippen molar-refractivity contribution in [1.82, 2.24) is 5.32 Å². The zero-order valence-electron chi connectivity index (χ0n) is 11.0. The van der Waals surface area contributed by atoms with Gasteiger partial charge in [-0.1, -0.05) is 42.6 Å². The zero-order chi connectivity index (χ0) is 13.5. The average molecular weight is 298 g/mol. The summed E-state index contributed by atoms with van der Waals surface area (Å²) in [5.41, 5.74) is 0. The number of hydrogen-bond acceptors (Lipinski definition) is 3. The number of hydrogen-bond donors (Lipinski definition) is 2. The van der Waals surface area contributed by atoms with Crippen LogP contribution < -0.4 is 5.32 Å². The molecule has 2 N–H and O–H groups in total. The molecule has 0 amide bonds. The number of nitrogens with one attached hydrogen (secondary N) is 1. The second-order valence-electron chi connectivity index (χ2n) is 4.65. The molecule has 0 aliphatic rings. The Kier molecular flexibility index (Phi) is 6.11. The van der Waals surface area contributed by atoms with Crippen molar-refractivity contribution in [2.24, 2.45) is 0 Å². The Morgan fingerprint density at radius 2 is 1.89 bits per heavy atom. The fraction of sp³-hybridized carbons (Fsp3) is 0.467. The molecule has 2 aromatic rings. The van der Waals surface area contributed by atoms with E-state index in [1.54, 1.807) is 11.3 Å². The molecule has 1 heterocycles. The van der Waals surface area contributed by atoms with Gasteiger partial charge in [-0.05, 0) is 25.5 Å². The second-order valence-corrected chi connectivity index (χ2v) is 6.16. The smallest absolute Gasteiger partial charge is 0.0636 e. The van der Waals surface area contributed by atoms with Crippen LogP contribution in [0.3, 0.4) is 0 Å². The first-order chi connectivity index (χ1) is 9.33. The van der Waals surface area contributed by atoms with Crippen LogP contribution in [-0.4, -0.2) is 18.3 Å². The molecular weight excluding hydrogens is 278 g/mol. The van der Waals surface area contributed by atoms with E-state index in [0.29, 0.717) is 6.61 Å². The van der Waals surface area contributed by atoms with Crippen LogP contribution in [0.2, 0.25) is 5.02 Å². The molecule has 104 valence electrons. The number of aliphatic hydroxyl groups is 1. The van der Waals surface area contributed by atoms with Crippen molar-refractivity contribution in [2.75, 3.05) is 13.2 Å². The number of thiophene rings is 1. The lowest BCUT2D eigenvalue weighted by Crippen LogP contribution is -2.14. The van der Waals surface area contributed by atoms with Crippen LogP contribution in [-0.2, 0) is 6.54 Å². The monoisotopic (exact) mass is 297 g/mol. The highest BCUT2D eigenvalue weighted by Crippen LogP contribution is 2.34. The van der Waals surface area contributed by atoms with Gasteiger partial charge < -0.3 is 10.4 Å². The number of rotatable bonds is 8. The van der Waals surface area contributed by atoms with Crippen molar-refractivity contribution in [3.05, 3.63) is 34.2 Å². The molecule has 2 rings (SSSR count). The first kappa shape index (κ1) is 14.8. The van der Waals surface area contributed by atoms with Gasteiger partial charge in [0.05, 0.1) is 5.02 Å². The molecule has 0 aliphatic heterocycles. The quantitative estimate of drug-likeness (QED) is 0.716. The molecule has 0 radical (unpaired) electrons. The van der Waals surface area contributed by atoms with Crippen molar-refractivity contribution in [1.29, 1.82) is 0 Å². The average Bonchev–Trinajstić information content (AvgIpc) is 2.75. The van der Waals surface area contributed by atoms with Gasteiger partial charge in [-0.2, -0.15) is 0 Å². The Morgan fingerprint density at radius 3 is 2.68 bits per heavy atom. The predicted octanol–water partition coefficient (Wildman–Crippen LogP) is 4.20. The number of unbranched alkanes of at least 4 members (excludes halogenated alkanes) is 3. The van der Waals surface area contributed by atoms with Crippen LogP contribution in [0, 0.1) is 0 Å². The minimum Gasteiger partial charge on any atom is -0.396 e. The minimum atomic E-state index is 0.310. The first-order valence-electron chi connectivity index (χ1n) is 6.80. The van der Waals surface area contributed by atoms with E-state index in [-0.39, 0.29) is 0 Å². The molecule has 0 bridgehead atoms. The molecule has 0 unspecified atom stereocenters. The van der Waals surface area contributed by atoms with Gasteiger partial charge in [0.1, 0.15) is 0 Å². The van der Waals surface area contributed by atoms with E-state index in [4.69, 9.17) is 16.7 Å². The molecule has 1 aromatic carbocycles. The molecule has 0 aliphatic carbocycles. The molecule has 2 nitrogen and oxygen atoms in total. The summed E-state index contributed by atoms with van der Waals surface area (Å²) in [4.78, 5) is 1.22. The Hall–Kier alpha value is -0.610. The van der Waals surface area contributed by atoms with E-state index in [0.717, 1.165) is 42.8 Å². The molecule has 1 aromatic heterocycles. The topological polar surface area (TPSA) is 32.3 Å². The highest BCUT2D eigenvalue weighted by Gasteiger charge is 2.08. The molecular formula is C15H20ClNOS. The van der Waals surface area contributed by atoms with E-state index < -0.39 is 0 Å². The third kappa shape index (κ3) is 4.18. The Balaban J connectivity index is 1.77. The minimum absolute atomic E-state index is 0.310. The SMILES string of the molecule is OCCCCCCNCc1sc2ccccc2c1Cl. The fourth-order valence-corrected chi connectivity index (χ4v) is 3.56. The number of aliphatic hydroxyl groups excluding tert-OH is 1. The van der Waals surface area contributed by atoms with E-state index in [9.17, 15) is 0 Å². The van der Waals surface area contributed by atoms with Crippen LogP contribution in [0.4, 0.5) is 0 Å². The largest absolute Gasteiger partial charge is 0.396 e. The lowest BCUT2D eigenvalue weighted by Gasteiger charge is -2.03. The maximum atomic E-state index is 8.69. The van der Waals surface area contributed by atoms with Crippen LogP contribution >= 0.6 is 22.9 Å². The van der Waals surface area contributed by atoms with Crippen LogP contribution in [0.5, 0.6) is 0 Å². The Bertz CT molecular complexity index is 512. The van der Waals surface area contributed by atoms with Gasteiger partial charge >= 0.3 is 0 Å². The van der Waals surface area contributed by atoms with E-state index in [2.05, 4.69) is 17.4 Å². The second kappa shape index (κ2) is 7.85. The normalized spacial score (nSPS) is 11.3. The molecule has 0 saturated heterocycles. The van der Waals surface area contributed by atoms with Crippen LogP contribution in [0.15, 0.2) is 24.3 Å². The van der Waals surface area contributed by atoms with Gasteiger partial charge in [-0.15, -0.1) is 11.3 Å². The Morgan fingerprint density at radius 1 is 1.11 bits per heavy atom. The highest BCUT2D eigenvalue weighted by atomic mass is 35.5. The predicted molar refractivity (Wildman–Crippen MR) is 84.1 cm³/mol. The molecule has 0 atom stereocenters. The summed E-state index contributed by atoms with van der Waals surface area (Å²) in [7, 11) is 0. The summed E-state index contributed by atoms with van der Waals surface area (Å²) < 4.78 is 1.26. The zero-order valence-corrected chi connectivity index (χ0v) is 12.6. The van der Waals surface area contributed by atoms with Gasteiger partial charge in [0.25, 0.3) is 0 Å². The van der Waals surface area contributed by atoms with Crippen LogP contribution in [0.25, 0.3) is 10.1 Å². The van der Waals surface area contributed by atoms with Gasteiger partial charge in [-0.3, -0.25) is 0 Å². The van der Waals surface area contributed by atoms with Gasteiger partial charge in [0.15, 0.2) is 0 Å². The molecule has 0 saturated carbocycles. The van der Waals surface area contributed by atoms with E-state index in [1.165, 1.54) is 16.0 Å². The highest BCUT2D eigenvalue weighted by molar-refractivity contribution is 7.19. The lowest BCUT2D eigenvalue weighted by atomic mass is 10.2. The molecule has 0 fully saturated rings. The fourth-order valence-electron chi connectivity index (χ4n) is 2.10. The molecule has 4 heteroatoms. The van der Waals surface area contributed by atoms with Gasteiger partial charge in [0.2, 0.25) is 0 Å². The van der Waals surface area contributed by atoms with Gasteiger partial charge in [0, 0.05) is 28.1 Å². The van der Waals surface area contributed by atoms with Crippen molar-refractivity contribution in [3.63, 3.8) is 0 Å². The standard InChI is InChI=1S/C15H20ClNOS/c16-15-12-7-3-4-8-13(12)19-14(15)11-17-9-5-1-2-6-10-18/h3-4,7-8,17-18H,1-2,5-6,9-11H2. The maximum absolute atomic E-state index is 8.69. The third-order valence-corrected chi connectivity index (χ3v) is 4.86. The third-order valence-electron chi connectivity index (χ3n) is 3.15. The molecule has 19 heavy (non-hydrogen) atoms. The van der Waals surface area contributed by atoms with Crippen LogP contribution in [0.1, 0.15) is 30.6 Å². The Labute approximate surface area is 123 Å². The number of fused-ring (bicyclic) bond motifs is 1. The summed E-state index contributed by atoms with van der Waals surface area (Å²) in [6.07, 6.45) is 4.36. The number of benzene rings is 1. The van der Waals surface area contributed by atoms with E-state index >= 15 is 0 Å². The number of halogens is 1. The summed E-state index contributed by atoms with van der Waals surface area (Å²) in [5.74, 6) is 0. The summed E-state index contributed by atoms with van der Waals surface area (Å²) in [6.45, 7) is 2.17. The van der Waals surface area contributed by atoms with E-state index in [1.807, 2.05) is 12.1 Å². The summed E-state index contributed by atoms with van der Waals surface area (Å²) in [6, 6.07) is 8.27. The van der Waals surface area contributed by atoms with Crippen molar-refractivity contribution in [2.45, 2.75) is 32.2 Å².